The first-order valence-electron chi connectivity index (χ1n) is 0.424. The Morgan fingerprint density at radius 2 is 2.00 bits per heavy atom. The summed E-state index contributed by atoms with van der Waals surface area (Å²) in [4.78, 5) is 1.75. The van der Waals surface area contributed by atoms with E-state index < -0.39 is 0 Å². The van der Waals surface area contributed by atoms with Gasteiger partial charge in [-0.15, -0.1) is 5.53 Å². The standard InChI is InChI=1S/HN3.Sr.2H/c1-3-2;;;/h1H;;;/q;+2;2*-1. The van der Waals surface area contributed by atoms with E-state index in [-0.39, 0.29) is 48.3 Å². The smallest absolute Gasteiger partial charge is 1.00 e. The zero-order valence-corrected chi connectivity index (χ0v) is 5.58. The fraction of sp³-hybridized carbons (Fsp3) is 0. The first-order chi connectivity index (χ1) is 1.41. The molecule has 0 unspecified atom stereocenters. The van der Waals surface area contributed by atoms with Gasteiger partial charge in [-0.2, -0.15) is 0 Å². The molecular formula is H3N3Sr. The van der Waals surface area contributed by atoms with Gasteiger partial charge in [0.05, 0.1) is 0 Å². The number of nitrogens with zero attached hydrogens (tertiary/aromatic N) is 2. The van der Waals surface area contributed by atoms with Crippen LogP contribution in [0.5, 0.6) is 0 Å². The van der Waals surface area contributed by atoms with Gasteiger partial charge >= 0.3 is 45.5 Å². The van der Waals surface area contributed by atoms with Crippen LogP contribution in [0.25, 0.3) is 10.4 Å². The van der Waals surface area contributed by atoms with Crippen molar-refractivity contribution in [3.63, 3.8) is 0 Å². The van der Waals surface area contributed by atoms with Crippen molar-refractivity contribution in [3.05, 3.63) is 10.4 Å². The Morgan fingerprint density at radius 3 is 2.00 bits per heavy atom. The molecule has 0 fully saturated rings. The fourth-order valence-electron chi connectivity index (χ4n) is 0. The largest absolute Gasteiger partial charge is 2.00 e. The second kappa shape index (κ2) is 9.21. The Kier molecular flexibility index (Phi) is 20.3. The van der Waals surface area contributed by atoms with E-state index in [1.807, 2.05) is 0 Å². The van der Waals surface area contributed by atoms with Crippen LogP contribution in [0, 0.1) is 5.53 Å². The topological polar surface area (TPSA) is 60.3 Å². The summed E-state index contributed by atoms with van der Waals surface area (Å²) in [6, 6.07) is 0. The zero-order chi connectivity index (χ0) is 2.71. The zero-order valence-electron chi connectivity index (χ0n) is 4.10. The van der Waals surface area contributed by atoms with Crippen molar-refractivity contribution in [3.8, 4) is 0 Å². The number of rotatable bonds is 0. The molecule has 0 aliphatic rings. The molecule has 3 nitrogen and oxygen atoms in total. The van der Waals surface area contributed by atoms with Crippen molar-refractivity contribution in [2.75, 3.05) is 0 Å². The van der Waals surface area contributed by atoms with E-state index in [1.165, 1.54) is 0 Å². The monoisotopic (exact) mass is 133 g/mol. The molecule has 0 rings (SSSR count). The molecule has 0 aliphatic heterocycles. The maximum absolute atomic E-state index is 6.86. The molecule has 1 N–H and O–H groups in total. The minimum atomic E-state index is 0. The molecule has 0 amide bonds. The van der Waals surface area contributed by atoms with Gasteiger partial charge in [0.25, 0.3) is 0 Å². The van der Waals surface area contributed by atoms with E-state index in [9.17, 15) is 0 Å². The van der Waals surface area contributed by atoms with Gasteiger partial charge in [0.1, 0.15) is 0 Å². The van der Waals surface area contributed by atoms with E-state index in [0.29, 0.717) is 0 Å². The van der Waals surface area contributed by atoms with Crippen molar-refractivity contribution in [1.82, 2.24) is 0 Å². The second-order valence-electron chi connectivity index (χ2n) is 0.100. The van der Waals surface area contributed by atoms with Crippen molar-refractivity contribution >= 4 is 45.5 Å². The second-order valence-corrected chi connectivity index (χ2v) is 0.100. The molecule has 0 bridgehead atoms. The molecule has 0 atom stereocenters. The van der Waals surface area contributed by atoms with Gasteiger partial charge in [0.15, 0.2) is 0 Å². The van der Waals surface area contributed by atoms with Crippen LogP contribution >= 0.6 is 0 Å². The maximum Gasteiger partial charge on any atom is 2.00 e. The first kappa shape index (κ1) is 8.84. The number of nitrogens with one attached hydrogen (secondary N) is 1. The van der Waals surface area contributed by atoms with Gasteiger partial charge in [0, 0.05) is 0 Å². The fourth-order valence-corrected chi connectivity index (χ4v) is 0. The van der Waals surface area contributed by atoms with Crippen LogP contribution in [0.15, 0.2) is 0 Å². The summed E-state index contributed by atoms with van der Waals surface area (Å²) in [5.41, 5.74) is 12.2. The van der Waals surface area contributed by atoms with Gasteiger partial charge in [-0.1, -0.05) is 0 Å². The molecule has 4 heteroatoms. The van der Waals surface area contributed by atoms with Crippen molar-refractivity contribution in [1.29, 1.82) is 5.53 Å². The average molecular weight is 133 g/mol. The summed E-state index contributed by atoms with van der Waals surface area (Å²) in [7, 11) is 0. The molecule has 0 aromatic heterocycles. The Bertz CT molecular complexity index is 29.8. The summed E-state index contributed by atoms with van der Waals surface area (Å²) in [6.45, 7) is 0. The van der Waals surface area contributed by atoms with Crippen LogP contribution in [0.4, 0.5) is 0 Å². The van der Waals surface area contributed by atoms with E-state index in [4.69, 9.17) is 11.1 Å². The molecule has 0 aromatic carbocycles. The summed E-state index contributed by atoms with van der Waals surface area (Å²) in [5.74, 6) is 0. The third-order valence-corrected chi connectivity index (χ3v) is 0. The van der Waals surface area contributed by atoms with Crippen LogP contribution < -0.4 is 0 Å². The summed E-state index contributed by atoms with van der Waals surface area (Å²) < 4.78 is 0. The van der Waals surface area contributed by atoms with Crippen molar-refractivity contribution in [2.45, 2.75) is 0 Å². The molecule has 4 heavy (non-hydrogen) atoms. The average Bonchev–Trinajstić information content (AvgIpc) is 0.918. The van der Waals surface area contributed by atoms with Crippen LogP contribution in [0.1, 0.15) is 2.85 Å². The SMILES string of the molecule is [H-].[H-].[N-]=[N+]=N.[Sr+2]. The van der Waals surface area contributed by atoms with Gasteiger partial charge < -0.3 is 2.85 Å². The van der Waals surface area contributed by atoms with E-state index in [1.54, 1.807) is 4.91 Å². The normalized spacial score (nSPS) is 2.00. The molecule has 0 heterocycles. The molecular weight excluding hydrogens is 130 g/mol. The minimum Gasteiger partial charge on any atom is -1.00 e. The molecule has 0 aromatic rings. The predicted octanol–water partition coefficient (Wildman–Crippen LogP) is 0.720. The molecule has 0 saturated carbocycles. The third kappa shape index (κ3) is 14.3. The van der Waals surface area contributed by atoms with Gasteiger partial charge in [-0.3, -0.25) is 0 Å². The molecule has 0 aliphatic carbocycles. The Morgan fingerprint density at radius 1 is 2.00 bits per heavy atom. The maximum atomic E-state index is 6.86. The Labute approximate surface area is 63.7 Å². The number of hydrogen-bond donors (Lipinski definition) is 1. The molecule has 20 valence electrons. The quantitative estimate of drug-likeness (QED) is 0.219. The van der Waals surface area contributed by atoms with Gasteiger partial charge in [-0.25, -0.2) is 0 Å². The van der Waals surface area contributed by atoms with Gasteiger partial charge in [-0.05, 0) is 10.4 Å². The molecule has 0 spiro atoms. The van der Waals surface area contributed by atoms with Crippen LogP contribution in [0.2, 0.25) is 0 Å². The summed E-state index contributed by atoms with van der Waals surface area (Å²) in [6.07, 6.45) is 0. The Balaban J connectivity index is -0.00000000667. The summed E-state index contributed by atoms with van der Waals surface area (Å²) >= 11 is 0. The minimum absolute atomic E-state index is 0. The van der Waals surface area contributed by atoms with Crippen molar-refractivity contribution < 1.29 is 2.85 Å². The third-order valence-electron chi connectivity index (χ3n) is 0. The molecule has 0 radical (unpaired) electrons. The van der Waals surface area contributed by atoms with Crippen LogP contribution in [-0.4, -0.2) is 45.5 Å². The van der Waals surface area contributed by atoms with E-state index in [0.717, 1.165) is 0 Å². The van der Waals surface area contributed by atoms with Crippen molar-refractivity contribution in [2.24, 2.45) is 0 Å². The van der Waals surface area contributed by atoms with E-state index in [2.05, 4.69) is 0 Å². The van der Waals surface area contributed by atoms with Crippen LogP contribution in [0.3, 0.4) is 0 Å². The first-order valence-corrected chi connectivity index (χ1v) is 0.424. The molecule has 0 saturated heterocycles. The van der Waals surface area contributed by atoms with Crippen LogP contribution in [-0.2, 0) is 0 Å². The van der Waals surface area contributed by atoms with E-state index >= 15 is 0 Å². The summed E-state index contributed by atoms with van der Waals surface area (Å²) in [5, 5.41) is 0. The number of hydrogen-bond acceptors (Lipinski definition) is 1. The van der Waals surface area contributed by atoms with Gasteiger partial charge in [0.2, 0.25) is 0 Å². The Hall–Kier alpha value is 0.791. The predicted molar refractivity (Wildman–Crippen MR) is 17.4 cm³/mol.